The van der Waals surface area contributed by atoms with Crippen molar-refractivity contribution in [2.24, 2.45) is 5.92 Å². The Labute approximate surface area is 133 Å². The number of carbonyl (C=O) groups is 1. The van der Waals surface area contributed by atoms with Gasteiger partial charge in [-0.2, -0.15) is 0 Å². The van der Waals surface area contributed by atoms with Crippen LogP contribution in [0.25, 0.3) is 0 Å². The smallest absolute Gasteiger partial charge is 0.410 e. The molecule has 0 aliphatic rings. The predicted octanol–water partition coefficient (Wildman–Crippen LogP) is 5.22. The number of amides is 1. The monoisotopic (exact) mass is 349 g/mol. The fourth-order valence-corrected chi connectivity index (χ4v) is 3.33. The lowest BCUT2D eigenvalue weighted by Gasteiger charge is -2.44. The largest absolute Gasteiger partial charge is 0.449 e. The molecule has 0 aromatic carbocycles. The Kier molecular flexibility index (Phi) is 8.15. The summed E-state index contributed by atoms with van der Waals surface area (Å²) in [7, 11) is 0. The van der Waals surface area contributed by atoms with E-state index in [2.05, 4.69) is 22.9 Å². The van der Waals surface area contributed by atoms with Crippen molar-refractivity contribution < 1.29 is 9.53 Å². The summed E-state index contributed by atoms with van der Waals surface area (Å²) in [5.74, 6) is 0.449. The lowest BCUT2D eigenvalue weighted by Crippen LogP contribution is -2.56. The van der Waals surface area contributed by atoms with Gasteiger partial charge in [-0.15, -0.1) is 0 Å². The number of halogens is 1. The molecule has 1 atom stereocenters. The van der Waals surface area contributed by atoms with Crippen LogP contribution < -0.4 is 0 Å². The molecule has 3 nitrogen and oxygen atoms in total. The van der Waals surface area contributed by atoms with Crippen molar-refractivity contribution in [2.45, 2.75) is 78.8 Å². The molecule has 0 aromatic heterocycles. The van der Waals surface area contributed by atoms with Crippen molar-refractivity contribution in [3.05, 3.63) is 0 Å². The minimum absolute atomic E-state index is 0.208. The number of carbonyl (C=O) groups excluding carboxylic acids is 1. The standard InChI is InChI=1S/C16H32BrNO2/c1-8-9-13(10-11-17)12-20-14(19)18(15(2,3)4)16(5,6)7/h13H,8-12H2,1-7H3. The van der Waals surface area contributed by atoms with Gasteiger partial charge >= 0.3 is 6.09 Å². The summed E-state index contributed by atoms with van der Waals surface area (Å²) in [4.78, 5) is 14.3. The summed E-state index contributed by atoms with van der Waals surface area (Å²) < 4.78 is 5.59. The molecule has 0 aliphatic heterocycles. The molecule has 0 rings (SSSR count). The van der Waals surface area contributed by atoms with Gasteiger partial charge in [0.05, 0.1) is 6.61 Å². The minimum Gasteiger partial charge on any atom is -0.449 e. The lowest BCUT2D eigenvalue weighted by molar-refractivity contribution is 0.0133. The van der Waals surface area contributed by atoms with E-state index in [9.17, 15) is 4.79 Å². The molecule has 1 unspecified atom stereocenters. The first-order valence-corrected chi connectivity index (χ1v) is 8.69. The molecule has 4 heteroatoms. The highest BCUT2D eigenvalue weighted by Gasteiger charge is 2.36. The van der Waals surface area contributed by atoms with Gasteiger partial charge in [0.15, 0.2) is 0 Å². The molecule has 0 bridgehead atoms. The average molecular weight is 350 g/mol. The molecule has 0 fully saturated rings. The Bertz CT molecular complexity index is 272. The zero-order chi connectivity index (χ0) is 16.0. The molecule has 0 radical (unpaired) electrons. The molecule has 1 amide bonds. The van der Waals surface area contributed by atoms with Gasteiger partial charge in [0.1, 0.15) is 0 Å². The molecular formula is C16H32BrNO2. The van der Waals surface area contributed by atoms with Crippen LogP contribution in [0.4, 0.5) is 4.79 Å². The summed E-state index contributed by atoms with van der Waals surface area (Å²) in [6.07, 6.45) is 3.06. The second-order valence-electron chi connectivity index (χ2n) is 7.39. The zero-order valence-electron chi connectivity index (χ0n) is 14.3. The summed E-state index contributed by atoms with van der Waals surface area (Å²) in [6.45, 7) is 14.9. The normalized spacial score (nSPS) is 14.0. The van der Waals surface area contributed by atoms with E-state index in [-0.39, 0.29) is 17.2 Å². The van der Waals surface area contributed by atoms with E-state index in [1.165, 1.54) is 0 Å². The molecular weight excluding hydrogens is 318 g/mol. The van der Waals surface area contributed by atoms with Gasteiger partial charge in [0.2, 0.25) is 0 Å². The first-order valence-electron chi connectivity index (χ1n) is 7.57. The lowest BCUT2D eigenvalue weighted by atomic mass is 9.97. The van der Waals surface area contributed by atoms with E-state index >= 15 is 0 Å². The van der Waals surface area contributed by atoms with Crippen LogP contribution in [0.2, 0.25) is 0 Å². The molecule has 20 heavy (non-hydrogen) atoms. The zero-order valence-corrected chi connectivity index (χ0v) is 15.8. The maximum atomic E-state index is 12.4. The Balaban J connectivity index is 4.70. The van der Waals surface area contributed by atoms with Crippen molar-refractivity contribution in [3.63, 3.8) is 0 Å². The maximum Gasteiger partial charge on any atom is 0.410 e. The Morgan fingerprint density at radius 3 is 1.95 bits per heavy atom. The van der Waals surface area contributed by atoms with Crippen LogP contribution in [0.15, 0.2) is 0 Å². The molecule has 120 valence electrons. The minimum atomic E-state index is -0.245. The summed E-state index contributed by atoms with van der Waals surface area (Å²) >= 11 is 3.47. The SMILES string of the molecule is CCCC(CCBr)COC(=O)N(C(C)(C)C)C(C)(C)C. The molecule has 0 N–H and O–H groups in total. The van der Waals surface area contributed by atoms with Crippen LogP contribution in [0.5, 0.6) is 0 Å². The molecule has 0 heterocycles. The van der Waals surface area contributed by atoms with Gasteiger partial charge in [-0.05, 0) is 60.3 Å². The van der Waals surface area contributed by atoms with Crippen LogP contribution >= 0.6 is 15.9 Å². The third kappa shape index (κ3) is 6.96. The Morgan fingerprint density at radius 1 is 1.10 bits per heavy atom. The number of rotatable bonds is 6. The predicted molar refractivity (Wildman–Crippen MR) is 89.5 cm³/mol. The Morgan fingerprint density at radius 2 is 1.60 bits per heavy atom. The number of alkyl halides is 1. The summed E-state index contributed by atoms with van der Waals surface area (Å²) in [6, 6.07) is 0. The fourth-order valence-electron chi connectivity index (χ4n) is 2.68. The van der Waals surface area contributed by atoms with Gasteiger partial charge in [0, 0.05) is 16.4 Å². The number of ether oxygens (including phenoxy) is 1. The van der Waals surface area contributed by atoms with Crippen LogP contribution in [0.3, 0.4) is 0 Å². The highest BCUT2D eigenvalue weighted by Crippen LogP contribution is 2.26. The maximum absolute atomic E-state index is 12.4. The van der Waals surface area contributed by atoms with Crippen LogP contribution in [0.1, 0.15) is 67.7 Å². The van der Waals surface area contributed by atoms with Gasteiger partial charge in [0.25, 0.3) is 0 Å². The van der Waals surface area contributed by atoms with E-state index in [1.54, 1.807) is 0 Å². The van der Waals surface area contributed by atoms with Gasteiger partial charge in [-0.3, -0.25) is 4.90 Å². The number of hydrogen-bond donors (Lipinski definition) is 0. The van der Waals surface area contributed by atoms with Crippen molar-refractivity contribution in [1.82, 2.24) is 4.90 Å². The second-order valence-corrected chi connectivity index (χ2v) is 8.18. The van der Waals surface area contributed by atoms with Crippen molar-refractivity contribution in [2.75, 3.05) is 11.9 Å². The van der Waals surface area contributed by atoms with E-state index in [4.69, 9.17) is 4.74 Å². The van der Waals surface area contributed by atoms with Crippen molar-refractivity contribution in [1.29, 1.82) is 0 Å². The van der Waals surface area contributed by atoms with Crippen LogP contribution in [-0.4, -0.2) is 34.0 Å². The molecule has 0 aromatic rings. The molecule has 0 saturated heterocycles. The Hall–Kier alpha value is -0.250. The van der Waals surface area contributed by atoms with Crippen LogP contribution in [0, 0.1) is 5.92 Å². The summed E-state index contributed by atoms with van der Waals surface area (Å²) in [5, 5.41) is 0.956. The van der Waals surface area contributed by atoms with Crippen molar-refractivity contribution in [3.8, 4) is 0 Å². The van der Waals surface area contributed by atoms with Crippen molar-refractivity contribution >= 4 is 22.0 Å². The molecule has 0 spiro atoms. The number of nitrogens with zero attached hydrogens (tertiary/aromatic N) is 1. The number of hydrogen-bond acceptors (Lipinski definition) is 2. The van der Waals surface area contributed by atoms with Crippen LogP contribution in [-0.2, 0) is 4.74 Å². The molecule has 0 aliphatic carbocycles. The summed E-state index contributed by atoms with van der Waals surface area (Å²) in [5.41, 5.74) is -0.490. The third-order valence-electron chi connectivity index (χ3n) is 3.18. The topological polar surface area (TPSA) is 29.5 Å². The third-order valence-corrected chi connectivity index (χ3v) is 3.64. The quantitative estimate of drug-likeness (QED) is 0.615. The first-order chi connectivity index (χ1) is 9.04. The van der Waals surface area contributed by atoms with Gasteiger partial charge < -0.3 is 4.74 Å². The van der Waals surface area contributed by atoms with Gasteiger partial charge in [-0.25, -0.2) is 4.79 Å². The van der Waals surface area contributed by atoms with E-state index in [1.807, 2.05) is 46.4 Å². The highest BCUT2D eigenvalue weighted by atomic mass is 79.9. The highest BCUT2D eigenvalue weighted by molar-refractivity contribution is 9.09. The first kappa shape index (κ1) is 19.8. The fraction of sp³-hybridized carbons (Fsp3) is 0.938. The van der Waals surface area contributed by atoms with Gasteiger partial charge in [-0.1, -0.05) is 29.3 Å². The van der Waals surface area contributed by atoms with E-state index in [0.717, 1.165) is 24.6 Å². The second kappa shape index (κ2) is 8.26. The molecule has 0 saturated carbocycles. The van der Waals surface area contributed by atoms with E-state index in [0.29, 0.717) is 12.5 Å². The van der Waals surface area contributed by atoms with E-state index < -0.39 is 0 Å². The average Bonchev–Trinajstić information content (AvgIpc) is 2.22.